The molecule has 1 aliphatic heterocycles. The molecule has 0 aromatic carbocycles. The van der Waals surface area contributed by atoms with Crippen LogP contribution in [0.1, 0.15) is 18.4 Å². The minimum Gasteiger partial charge on any atom is -0.356 e. The van der Waals surface area contributed by atoms with Crippen LogP contribution in [-0.4, -0.2) is 58.1 Å². The standard InChI is InChI=1S/C17H26N6S2.HI/c1-18-16(19-5-3-8-24-17-20-6-9-25-17)23-7-4-14(13-23)10-15-11-21-22(2)12-15;/h6,9,11-12,14H,3-5,7-8,10,13H2,1-2H3,(H,18,19);1H. The molecule has 1 fully saturated rings. The highest BCUT2D eigenvalue weighted by atomic mass is 127. The van der Waals surface area contributed by atoms with Crippen molar-refractivity contribution in [2.75, 3.05) is 32.4 Å². The number of hydrogen-bond acceptors (Lipinski definition) is 5. The Kier molecular flexibility index (Phi) is 9.20. The van der Waals surface area contributed by atoms with Crippen molar-refractivity contribution in [1.29, 1.82) is 0 Å². The zero-order chi connectivity index (χ0) is 17.5. The van der Waals surface area contributed by atoms with E-state index < -0.39 is 0 Å². The van der Waals surface area contributed by atoms with Gasteiger partial charge in [-0.05, 0) is 30.7 Å². The molecule has 0 amide bonds. The third-order valence-corrected chi connectivity index (χ3v) is 6.37. The van der Waals surface area contributed by atoms with Gasteiger partial charge in [-0.3, -0.25) is 9.67 Å². The van der Waals surface area contributed by atoms with Crippen LogP contribution in [-0.2, 0) is 13.5 Å². The lowest BCUT2D eigenvalue weighted by Gasteiger charge is -2.21. The van der Waals surface area contributed by atoms with E-state index in [1.165, 1.54) is 12.0 Å². The van der Waals surface area contributed by atoms with Gasteiger partial charge in [-0.1, -0.05) is 11.8 Å². The minimum absolute atomic E-state index is 0. The van der Waals surface area contributed by atoms with Gasteiger partial charge >= 0.3 is 0 Å². The Morgan fingerprint density at radius 2 is 2.38 bits per heavy atom. The molecule has 26 heavy (non-hydrogen) atoms. The number of rotatable bonds is 7. The molecule has 0 saturated carbocycles. The Balaban J connectivity index is 0.00000243. The molecule has 0 radical (unpaired) electrons. The van der Waals surface area contributed by atoms with E-state index in [0.717, 1.165) is 48.5 Å². The van der Waals surface area contributed by atoms with Crippen molar-refractivity contribution < 1.29 is 0 Å². The van der Waals surface area contributed by atoms with E-state index in [9.17, 15) is 0 Å². The summed E-state index contributed by atoms with van der Waals surface area (Å²) in [6.45, 7) is 3.11. The van der Waals surface area contributed by atoms with E-state index in [1.54, 1.807) is 11.3 Å². The van der Waals surface area contributed by atoms with Crippen LogP contribution in [0.3, 0.4) is 0 Å². The summed E-state index contributed by atoms with van der Waals surface area (Å²) in [5.41, 5.74) is 1.33. The Morgan fingerprint density at radius 1 is 1.50 bits per heavy atom. The number of aliphatic imine (C=N–C) groups is 1. The average molecular weight is 506 g/mol. The lowest BCUT2D eigenvalue weighted by Crippen LogP contribution is -2.40. The smallest absolute Gasteiger partial charge is 0.193 e. The molecule has 2 aromatic heterocycles. The summed E-state index contributed by atoms with van der Waals surface area (Å²) in [5, 5.41) is 9.80. The summed E-state index contributed by atoms with van der Waals surface area (Å²) in [4.78, 5) is 11.1. The predicted octanol–water partition coefficient (Wildman–Crippen LogP) is 3.12. The second-order valence-corrected chi connectivity index (χ2v) is 8.54. The average Bonchev–Trinajstić information content (AvgIpc) is 3.34. The van der Waals surface area contributed by atoms with Gasteiger partial charge < -0.3 is 10.2 Å². The van der Waals surface area contributed by atoms with Crippen LogP contribution in [0.4, 0.5) is 0 Å². The van der Waals surface area contributed by atoms with Crippen LogP contribution >= 0.6 is 47.1 Å². The molecule has 1 unspecified atom stereocenters. The molecular weight excluding hydrogens is 479 g/mol. The number of hydrogen-bond donors (Lipinski definition) is 1. The van der Waals surface area contributed by atoms with Gasteiger partial charge in [-0.2, -0.15) is 5.10 Å². The summed E-state index contributed by atoms with van der Waals surface area (Å²) < 4.78 is 3.04. The normalized spacial score (nSPS) is 17.4. The quantitative estimate of drug-likeness (QED) is 0.206. The van der Waals surface area contributed by atoms with Crippen LogP contribution in [0.25, 0.3) is 0 Å². The highest BCUT2D eigenvalue weighted by Crippen LogP contribution is 2.21. The van der Waals surface area contributed by atoms with Crippen molar-refractivity contribution >= 4 is 53.0 Å². The van der Waals surface area contributed by atoms with Crippen molar-refractivity contribution in [2.24, 2.45) is 18.0 Å². The molecule has 144 valence electrons. The van der Waals surface area contributed by atoms with Crippen molar-refractivity contribution in [3.63, 3.8) is 0 Å². The van der Waals surface area contributed by atoms with Crippen LogP contribution in [0.2, 0.25) is 0 Å². The van der Waals surface area contributed by atoms with Gasteiger partial charge in [0.2, 0.25) is 0 Å². The topological polar surface area (TPSA) is 58.3 Å². The van der Waals surface area contributed by atoms with Crippen LogP contribution < -0.4 is 5.32 Å². The van der Waals surface area contributed by atoms with Gasteiger partial charge in [0, 0.05) is 57.3 Å². The first kappa shape index (κ1) is 21.5. The first-order valence-corrected chi connectivity index (χ1v) is 10.6. The highest BCUT2D eigenvalue weighted by Gasteiger charge is 2.25. The second-order valence-electron chi connectivity index (χ2n) is 6.30. The van der Waals surface area contributed by atoms with Gasteiger partial charge in [0.25, 0.3) is 0 Å². The van der Waals surface area contributed by atoms with E-state index in [-0.39, 0.29) is 24.0 Å². The van der Waals surface area contributed by atoms with Gasteiger partial charge in [-0.25, -0.2) is 4.98 Å². The zero-order valence-corrected chi connectivity index (χ0v) is 19.3. The summed E-state index contributed by atoms with van der Waals surface area (Å²) in [5.74, 6) is 2.80. The van der Waals surface area contributed by atoms with Crippen molar-refractivity contribution in [2.45, 2.75) is 23.6 Å². The Hall–Kier alpha value is -0.810. The summed E-state index contributed by atoms with van der Waals surface area (Å²) in [7, 11) is 3.85. The third kappa shape index (κ3) is 6.41. The molecule has 1 N–H and O–H groups in total. The monoisotopic (exact) mass is 506 g/mol. The highest BCUT2D eigenvalue weighted by molar-refractivity contribution is 14.0. The Morgan fingerprint density at radius 3 is 3.08 bits per heavy atom. The Bertz CT molecular complexity index is 673. The van der Waals surface area contributed by atoms with E-state index in [4.69, 9.17) is 0 Å². The summed E-state index contributed by atoms with van der Waals surface area (Å²) >= 11 is 3.54. The molecule has 0 bridgehead atoms. The molecular formula is C17H27IN6S2. The van der Waals surface area contributed by atoms with E-state index in [0.29, 0.717) is 5.92 Å². The van der Waals surface area contributed by atoms with Crippen LogP contribution in [0.15, 0.2) is 33.3 Å². The Labute approximate surface area is 180 Å². The van der Waals surface area contributed by atoms with Gasteiger partial charge in [0.1, 0.15) is 4.34 Å². The number of nitrogens with zero attached hydrogens (tertiary/aromatic N) is 5. The van der Waals surface area contributed by atoms with Crippen molar-refractivity contribution in [3.8, 4) is 0 Å². The van der Waals surface area contributed by atoms with Gasteiger partial charge in [0.05, 0.1) is 6.20 Å². The molecule has 0 spiro atoms. The lowest BCUT2D eigenvalue weighted by molar-refractivity contribution is 0.460. The van der Waals surface area contributed by atoms with Gasteiger partial charge in [0.15, 0.2) is 5.96 Å². The van der Waals surface area contributed by atoms with E-state index in [2.05, 4.69) is 31.5 Å². The largest absolute Gasteiger partial charge is 0.356 e. The maximum Gasteiger partial charge on any atom is 0.193 e. The fraction of sp³-hybridized carbons (Fsp3) is 0.588. The number of halogens is 1. The number of thioether (sulfide) groups is 1. The number of nitrogens with one attached hydrogen (secondary N) is 1. The van der Waals surface area contributed by atoms with E-state index >= 15 is 0 Å². The van der Waals surface area contributed by atoms with Gasteiger partial charge in [-0.15, -0.1) is 35.3 Å². The molecule has 3 rings (SSSR count). The van der Waals surface area contributed by atoms with Crippen LogP contribution in [0, 0.1) is 5.92 Å². The predicted molar refractivity (Wildman–Crippen MR) is 121 cm³/mol. The first-order chi connectivity index (χ1) is 12.2. The number of likely N-dealkylation sites (tertiary alicyclic amines) is 1. The first-order valence-electron chi connectivity index (χ1n) is 8.70. The van der Waals surface area contributed by atoms with Crippen LogP contribution in [0.5, 0.6) is 0 Å². The lowest BCUT2D eigenvalue weighted by atomic mass is 10.0. The number of aromatic nitrogens is 3. The molecule has 9 heteroatoms. The zero-order valence-electron chi connectivity index (χ0n) is 15.3. The third-order valence-electron chi connectivity index (χ3n) is 4.32. The summed E-state index contributed by atoms with van der Waals surface area (Å²) in [6.07, 6.45) is 9.39. The number of aryl methyl sites for hydroxylation is 1. The fourth-order valence-electron chi connectivity index (χ4n) is 3.15. The molecule has 0 aliphatic carbocycles. The molecule has 1 saturated heterocycles. The van der Waals surface area contributed by atoms with Crippen molar-refractivity contribution in [1.82, 2.24) is 25.0 Å². The molecule has 3 heterocycles. The fourth-order valence-corrected chi connectivity index (χ4v) is 4.80. The second kappa shape index (κ2) is 11.1. The van der Waals surface area contributed by atoms with Crippen molar-refractivity contribution in [3.05, 3.63) is 29.5 Å². The SMILES string of the molecule is CN=C(NCCCSc1nccs1)N1CCC(Cc2cnn(C)c2)C1.I. The maximum atomic E-state index is 4.46. The molecule has 1 atom stereocenters. The number of guanidine groups is 1. The van der Waals surface area contributed by atoms with E-state index in [1.807, 2.05) is 48.3 Å². The maximum absolute atomic E-state index is 4.46. The minimum atomic E-state index is 0. The molecule has 6 nitrogen and oxygen atoms in total. The molecule has 2 aromatic rings. The summed E-state index contributed by atoms with van der Waals surface area (Å²) in [6, 6.07) is 0. The molecule has 1 aliphatic rings. The number of thiazole rings is 1.